The number of hydrogen-bond acceptors (Lipinski definition) is 2. The Bertz CT molecular complexity index is 624. The zero-order valence-corrected chi connectivity index (χ0v) is 15.4. The second-order valence-electron chi connectivity index (χ2n) is 6.56. The number of halogens is 3. The van der Waals surface area contributed by atoms with Gasteiger partial charge in [-0.1, -0.05) is 56.9 Å². The number of allylic oxidation sites excluding steroid dienone is 1. The lowest BCUT2D eigenvalue weighted by atomic mass is 10.0. The molecular formula is C20H26F3NO3. The Labute approximate surface area is 157 Å². The molecule has 0 saturated carbocycles. The van der Waals surface area contributed by atoms with Crippen molar-refractivity contribution in [2.24, 2.45) is 5.92 Å². The number of carboxylic acids is 1. The first-order valence-electron chi connectivity index (χ1n) is 9.07. The molecule has 7 heteroatoms. The van der Waals surface area contributed by atoms with Crippen molar-refractivity contribution >= 4 is 23.6 Å². The van der Waals surface area contributed by atoms with E-state index in [1.807, 2.05) is 12.2 Å². The third kappa shape index (κ3) is 9.82. The van der Waals surface area contributed by atoms with Crippen molar-refractivity contribution in [2.75, 3.05) is 5.32 Å². The molecule has 27 heavy (non-hydrogen) atoms. The average molecular weight is 385 g/mol. The Morgan fingerprint density at radius 3 is 2.26 bits per heavy atom. The number of hydrogen-bond donors (Lipinski definition) is 2. The Kier molecular flexibility index (Phi) is 9.61. The molecule has 0 aromatic heterocycles. The van der Waals surface area contributed by atoms with Gasteiger partial charge in [0.25, 0.3) is 0 Å². The predicted octanol–water partition coefficient (Wildman–Crippen LogP) is 5.65. The van der Waals surface area contributed by atoms with Crippen LogP contribution in [0.2, 0.25) is 0 Å². The van der Waals surface area contributed by atoms with E-state index in [4.69, 9.17) is 5.11 Å². The monoisotopic (exact) mass is 385 g/mol. The fourth-order valence-electron chi connectivity index (χ4n) is 2.47. The van der Waals surface area contributed by atoms with Crippen LogP contribution in [0.3, 0.4) is 0 Å². The van der Waals surface area contributed by atoms with Gasteiger partial charge in [-0.2, -0.15) is 13.2 Å². The van der Waals surface area contributed by atoms with Crippen molar-refractivity contribution in [3.05, 3.63) is 35.9 Å². The lowest BCUT2D eigenvalue weighted by molar-refractivity contribution is -0.167. The maximum Gasteiger partial charge on any atom is 0.471 e. The quantitative estimate of drug-likeness (QED) is 0.484. The molecule has 1 atom stereocenters. The Balaban J connectivity index is 2.19. The van der Waals surface area contributed by atoms with E-state index in [2.05, 4.69) is 0 Å². The number of alkyl halides is 3. The maximum absolute atomic E-state index is 12.2. The SMILES string of the molecule is CC(CCCCCCCC=Cc1ccc(NC(=O)C(F)(F)F)cc1)C(=O)O. The fourth-order valence-corrected chi connectivity index (χ4v) is 2.47. The first-order chi connectivity index (χ1) is 12.7. The highest BCUT2D eigenvalue weighted by molar-refractivity contribution is 5.94. The summed E-state index contributed by atoms with van der Waals surface area (Å²) in [5, 5.41) is 10.6. The largest absolute Gasteiger partial charge is 0.481 e. The molecule has 1 unspecified atom stereocenters. The highest BCUT2D eigenvalue weighted by Crippen LogP contribution is 2.19. The summed E-state index contributed by atoms with van der Waals surface area (Å²) in [7, 11) is 0. The third-order valence-corrected chi connectivity index (χ3v) is 4.17. The fraction of sp³-hybridized carbons (Fsp3) is 0.500. The van der Waals surface area contributed by atoms with Crippen molar-refractivity contribution in [3.63, 3.8) is 0 Å². The second-order valence-corrected chi connectivity index (χ2v) is 6.56. The molecule has 4 nitrogen and oxygen atoms in total. The van der Waals surface area contributed by atoms with Gasteiger partial charge in [0.2, 0.25) is 0 Å². The minimum atomic E-state index is -4.90. The molecule has 0 aliphatic heterocycles. The minimum absolute atomic E-state index is 0.103. The number of rotatable bonds is 11. The van der Waals surface area contributed by atoms with Gasteiger partial charge < -0.3 is 10.4 Å². The number of unbranched alkanes of at least 4 members (excludes halogenated alkanes) is 5. The van der Waals surface area contributed by atoms with E-state index in [-0.39, 0.29) is 11.6 Å². The van der Waals surface area contributed by atoms with E-state index in [9.17, 15) is 22.8 Å². The van der Waals surface area contributed by atoms with Gasteiger partial charge in [0.15, 0.2) is 0 Å². The van der Waals surface area contributed by atoms with Gasteiger partial charge in [0, 0.05) is 5.69 Å². The summed E-state index contributed by atoms with van der Waals surface area (Å²) < 4.78 is 36.5. The molecule has 1 amide bonds. The van der Waals surface area contributed by atoms with Gasteiger partial charge in [-0.3, -0.25) is 9.59 Å². The van der Waals surface area contributed by atoms with Gasteiger partial charge in [-0.15, -0.1) is 0 Å². The van der Waals surface area contributed by atoms with E-state index in [0.29, 0.717) is 6.42 Å². The van der Waals surface area contributed by atoms with Crippen molar-refractivity contribution < 1.29 is 27.9 Å². The molecular weight excluding hydrogens is 359 g/mol. The summed E-state index contributed by atoms with van der Waals surface area (Å²) in [5.41, 5.74) is 0.953. The number of carbonyl (C=O) groups excluding carboxylic acids is 1. The van der Waals surface area contributed by atoms with E-state index in [1.54, 1.807) is 24.4 Å². The van der Waals surface area contributed by atoms with Gasteiger partial charge in [0.1, 0.15) is 0 Å². The smallest absolute Gasteiger partial charge is 0.471 e. The van der Waals surface area contributed by atoms with Crippen LogP contribution >= 0.6 is 0 Å². The summed E-state index contributed by atoms with van der Waals surface area (Å²) in [6.07, 6.45) is 5.78. The predicted molar refractivity (Wildman–Crippen MR) is 99.3 cm³/mol. The van der Waals surface area contributed by atoms with E-state index < -0.39 is 18.1 Å². The molecule has 1 rings (SSSR count). The number of carboxylic acid groups (broad SMARTS) is 1. The number of anilines is 1. The lowest BCUT2D eigenvalue weighted by Crippen LogP contribution is -2.29. The van der Waals surface area contributed by atoms with E-state index in [0.717, 1.165) is 44.1 Å². The number of amides is 1. The van der Waals surface area contributed by atoms with Crippen LogP contribution < -0.4 is 5.32 Å². The van der Waals surface area contributed by atoms with Crippen molar-refractivity contribution in [2.45, 2.75) is 58.0 Å². The summed E-state index contributed by atoms with van der Waals surface area (Å²) in [4.78, 5) is 21.5. The molecule has 0 aliphatic carbocycles. The average Bonchev–Trinajstić information content (AvgIpc) is 2.60. The topological polar surface area (TPSA) is 66.4 Å². The van der Waals surface area contributed by atoms with E-state index in [1.165, 1.54) is 12.1 Å². The molecule has 0 spiro atoms. The first-order valence-corrected chi connectivity index (χ1v) is 9.07. The highest BCUT2D eigenvalue weighted by Gasteiger charge is 2.38. The number of benzene rings is 1. The van der Waals surface area contributed by atoms with Crippen LogP contribution in [0.25, 0.3) is 6.08 Å². The molecule has 0 saturated heterocycles. The molecule has 0 heterocycles. The molecule has 0 radical (unpaired) electrons. The standard InChI is InChI=1S/C20H26F3NO3/c1-15(18(25)26)9-7-5-3-2-4-6-8-10-16-11-13-17(14-12-16)24-19(27)20(21,22)23/h8,10-15H,2-7,9H2,1H3,(H,24,27)(H,25,26). The Hall–Kier alpha value is -2.31. The molecule has 150 valence electrons. The molecule has 0 bridgehead atoms. The molecule has 1 aromatic carbocycles. The van der Waals surface area contributed by atoms with E-state index >= 15 is 0 Å². The second kappa shape index (κ2) is 11.4. The van der Waals surface area contributed by atoms with Crippen molar-refractivity contribution in [3.8, 4) is 0 Å². The van der Waals surface area contributed by atoms with Gasteiger partial charge >= 0.3 is 18.1 Å². The lowest BCUT2D eigenvalue weighted by Gasteiger charge is -2.07. The van der Waals surface area contributed by atoms with Crippen molar-refractivity contribution in [1.82, 2.24) is 0 Å². The van der Waals surface area contributed by atoms with Gasteiger partial charge in [0.05, 0.1) is 5.92 Å². The summed E-state index contributed by atoms with van der Waals surface area (Å²) >= 11 is 0. The van der Waals surface area contributed by atoms with Crippen LogP contribution in [-0.2, 0) is 9.59 Å². The Morgan fingerprint density at radius 2 is 1.67 bits per heavy atom. The first kappa shape index (κ1) is 22.7. The summed E-state index contributed by atoms with van der Waals surface area (Å²) in [6, 6.07) is 6.15. The number of nitrogens with one attached hydrogen (secondary N) is 1. The normalized spacial score (nSPS) is 12.9. The van der Waals surface area contributed by atoms with Crippen LogP contribution in [0, 0.1) is 5.92 Å². The van der Waals surface area contributed by atoms with Gasteiger partial charge in [-0.25, -0.2) is 0 Å². The molecule has 0 aliphatic rings. The van der Waals surface area contributed by atoms with Crippen LogP contribution in [0.4, 0.5) is 18.9 Å². The number of carbonyl (C=O) groups is 2. The molecule has 2 N–H and O–H groups in total. The van der Waals surface area contributed by atoms with Crippen LogP contribution in [-0.4, -0.2) is 23.2 Å². The minimum Gasteiger partial charge on any atom is -0.481 e. The highest BCUT2D eigenvalue weighted by atomic mass is 19.4. The summed E-state index contributed by atoms with van der Waals surface area (Å²) in [5.74, 6) is -3.00. The number of aliphatic carboxylic acids is 1. The van der Waals surface area contributed by atoms with Gasteiger partial charge in [-0.05, 0) is 37.0 Å². The molecule has 1 aromatic rings. The zero-order valence-electron chi connectivity index (χ0n) is 15.4. The molecule has 0 fully saturated rings. The van der Waals surface area contributed by atoms with Crippen LogP contribution in [0.5, 0.6) is 0 Å². The van der Waals surface area contributed by atoms with Crippen LogP contribution in [0.15, 0.2) is 30.3 Å². The Morgan fingerprint density at radius 1 is 1.07 bits per heavy atom. The van der Waals surface area contributed by atoms with Crippen LogP contribution in [0.1, 0.15) is 57.4 Å². The van der Waals surface area contributed by atoms with Crippen molar-refractivity contribution in [1.29, 1.82) is 0 Å². The zero-order chi connectivity index (χ0) is 20.3. The summed E-state index contributed by atoms with van der Waals surface area (Å²) in [6.45, 7) is 1.73. The third-order valence-electron chi connectivity index (χ3n) is 4.17. The maximum atomic E-state index is 12.2.